The Morgan fingerprint density at radius 1 is 1.38 bits per heavy atom. The second-order valence-corrected chi connectivity index (χ2v) is 4.82. The second-order valence-electron chi connectivity index (χ2n) is 3.98. The molecule has 2 aromatic heterocycles. The molecule has 0 unspecified atom stereocenters. The van der Waals surface area contributed by atoms with Gasteiger partial charge in [0.15, 0.2) is 0 Å². The van der Waals surface area contributed by atoms with Gasteiger partial charge in [-0.1, -0.05) is 23.2 Å². The fourth-order valence-corrected chi connectivity index (χ4v) is 1.88. The van der Waals surface area contributed by atoms with Crippen LogP contribution in [0.2, 0.25) is 10.0 Å². The summed E-state index contributed by atoms with van der Waals surface area (Å²) in [7, 11) is 0. The number of H-pyrrole nitrogens is 1. The van der Waals surface area contributed by atoms with Gasteiger partial charge in [-0.2, -0.15) is 5.10 Å². The van der Waals surface area contributed by atoms with E-state index in [0.29, 0.717) is 23.1 Å². The van der Waals surface area contributed by atoms with Crippen molar-refractivity contribution in [2.75, 3.05) is 13.2 Å². The quantitative estimate of drug-likeness (QED) is 0.706. The molecule has 2 amide bonds. The molecule has 7 nitrogen and oxygen atoms in total. The van der Waals surface area contributed by atoms with Gasteiger partial charge in [-0.05, 0) is 12.1 Å². The van der Waals surface area contributed by atoms with Gasteiger partial charge in [-0.25, -0.2) is 9.78 Å². The Hall–Kier alpha value is -1.99. The summed E-state index contributed by atoms with van der Waals surface area (Å²) in [5.41, 5.74) is 0.818. The molecule has 0 aromatic carbocycles. The van der Waals surface area contributed by atoms with Gasteiger partial charge >= 0.3 is 6.03 Å². The smallest absolute Gasteiger partial charge is 0.315 e. The van der Waals surface area contributed by atoms with Crippen LogP contribution in [-0.4, -0.2) is 34.4 Å². The van der Waals surface area contributed by atoms with E-state index in [4.69, 9.17) is 27.9 Å². The van der Waals surface area contributed by atoms with E-state index in [-0.39, 0.29) is 18.5 Å². The number of aromatic amines is 1. The molecule has 0 aliphatic carbocycles. The summed E-state index contributed by atoms with van der Waals surface area (Å²) >= 11 is 11.6. The summed E-state index contributed by atoms with van der Waals surface area (Å²) in [6.45, 7) is 0.929. The summed E-state index contributed by atoms with van der Waals surface area (Å²) < 4.78 is 5.33. The van der Waals surface area contributed by atoms with Crippen LogP contribution < -0.4 is 15.4 Å². The van der Waals surface area contributed by atoms with Crippen LogP contribution in [0.4, 0.5) is 4.79 Å². The third-order valence-electron chi connectivity index (χ3n) is 2.40. The second kappa shape index (κ2) is 7.70. The van der Waals surface area contributed by atoms with Crippen molar-refractivity contribution >= 4 is 29.2 Å². The van der Waals surface area contributed by atoms with Crippen LogP contribution in [0.15, 0.2) is 24.5 Å². The largest absolute Gasteiger partial charge is 0.475 e. The van der Waals surface area contributed by atoms with Gasteiger partial charge in [0.25, 0.3) is 0 Å². The average Bonchev–Trinajstić information content (AvgIpc) is 2.96. The topological polar surface area (TPSA) is 91.9 Å². The zero-order valence-corrected chi connectivity index (χ0v) is 12.4. The highest BCUT2D eigenvalue weighted by Crippen LogP contribution is 2.24. The van der Waals surface area contributed by atoms with Crippen LogP contribution in [0.25, 0.3) is 0 Å². The van der Waals surface area contributed by atoms with E-state index in [2.05, 4.69) is 25.8 Å². The summed E-state index contributed by atoms with van der Waals surface area (Å²) in [5.74, 6) is 0.278. The predicted molar refractivity (Wildman–Crippen MR) is 78.6 cm³/mol. The molecule has 2 aromatic rings. The molecule has 0 radical (unpaired) electrons. The maximum atomic E-state index is 11.5. The van der Waals surface area contributed by atoms with Crippen LogP contribution in [-0.2, 0) is 6.54 Å². The van der Waals surface area contributed by atoms with Crippen molar-refractivity contribution in [3.05, 3.63) is 40.3 Å². The molecular weight excluding hydrogens is 317 g/mol. The molecular formula is C12H13Cl2N5O2. The van der Waals surface area contributed by atoms with Crippen molar-refractivity contribution < 1.29 is 9.53 Å². The molecule has 2 heterocycles. The fourth-order valence-electron chi connectivity index (χ4n) is 1.44. The molecule has 9 heteroatoms. The molecule has 2 rings (SSSR count). The SMILES string of the molecule is O=C(NCCOc1ncc(Cl)cc1Cl)NCc1ccn[nH]1. The van der Waals surface area contributed by atoms with Gasteiger partial charge in [0.1, 0.15) is 11.6 Å². The monoisotopic (exact) mass is 329 g/mol. The Balaban J connectivity index is 1.64. The van der Waals surface area contributed by atoms with Crippen molar-refractivity contribution in [1.82, 2.24) is 25.8 Å². The predicted octanol–water partition coefficient (Wildman–Crippen LogP) is 1.99. The molecule has 0 aliphatic heterocycles. The zero-order chi connectivity index (χ0) is 15.1. The number of rotatable bonds is 6. The Kier molecular flexibility index (Phi) is 5.65. The zero-order valence-electron chi connectivity index (χ0n) is 10.9. The molecule has 0 spiro atoms. The molecule has 0 saturated carbocycles. The van der Waals surface area contributed by atoms with E-state index < -0.39 is 0 Å². The number of hydrogen-bond donors (Lipinski definition) is 3. The normalized spacial score (nSPS) is 10.2. The molecule has 3 N–H and O–H groups in total. The number of halogens is 2. The van der Waals surface area contributed by atoms with Crippen LogP contribution in [0.1, 0.15) is 5.69 Å². The molecule has 0 fully saturated rings. The third kappa shape index (κ3) is 5.13. The van der Waals surface area contributed by atoms with Crippen molar-refractivity contribution in [2.45, 2.75) is 6.54 Å². The van der Waals surface area contributed by atoms with E-state index in [1.807, 2.05) is 0 Å². The standard InChI is InChI=1S/C12H13Cl2N5O2/c13-8-5-10(14)11(16-6-8)21-4-3-15-12(20)17-7-9-1-2-18-19-9/h1-2,5-6H,3-4,7H2,(H,18,19)(H2,15,17,20). The van der Waals surface area contributed by atoms with Crippen LogP contribution in [0, 0.1) is 0 Å². The number of nitrogens with zero attached hydrogens (tertiary/aromatic N) is 2. The maximum absolute atomic E-state index is 11.5. The summed E-state index contributed by atoms with van der Waals surface area (Å²) in [4.78, 5) is 15.4. The summed E-state index contributed by atoms with van der Waals surface area (Å²) in [5, 5.41) is 12.6. The van der Waals surface area contributed by atoms with E-state index in [1.54, 1.807) is 12.3 Å². The lowest BCUT2D eigenvalue weighted by molar-refractivity contribution is 0.235. The van der Waals surface area contributed by atoms with Gasteiger partial charge in [0, 0.05) is 12.4 Å². The number of aromatic nitrogens is 3. The van der Waals surface area contributed by atoms with E-state index in [0.717, 1.165) is 5.69 Å². The van der Waals surface area contributed by atoms with E-state index in [9.17, 15) is 4.79 Å². The molecule has 0 bridgehead atoms. The number of urea groups is 1. The highest BCUT2D eigenvalue weighted by Gasteiger charge is 2.05. The van der Waals surface area contributed by atoms with Crippen LogP contribution in [0.3, 0.4) is 0 Å². The van der Waals surface area contributed by atoms with Crippen LogP contribution >= 0.6 is 23.2 Å². The summed E-state index contributed by atoms with van der Waals surface area (Å²) in [6, 6.07) is 3.01. The molecule has 0 atom stereocenters. The first-order chi connectivity index (χ1) is 10.1. The Morgan fingerprint density at radius 2 is 2.24 bits per heavy atom. The average molecular weight is 330 g/mol. The van der Waals surface area contributed by atoms with Gasteiger partial charge in [0.2, 0.25) is 5.88 Å². The van der Waals surface area contributed by atoms with Gasteiger partial charge in [0.05, 0.1) is 23.8 Å². The molecule has 112 valence electrons. The Bertz CT molecular complexity index is 591. The van der Waals surface area contributed by atoms with E-state index in [1.165, 1.54) is 12.3 Å². The molecule has 0 saturated heterocycles. The highest BCUT2D eigenvalue weighted by molar-refractivity contribution is 6.35. The summed E-state index contributed by atoms with van der Waals surface area (Å²) in [6.07, 6.45) is 3.05. The third-order valence-corrected chi connectivity index (χ3v) is 2.88. The maximum Gasteiger partial charge on any atom is 0.315 e. The Morgan fingerprint density at radius 3 is 2.95 bits per heavy atom. The highest BCUT2D eigenvalue weighted by atomic mass is 35.5. The van der Waals surface area contributed by atoms with E-state index >= 15 is 0 Å². The minimum absolute atomic E-state index is 0.242. The first kappa shape index (κ1) is 15.4. The van der Waals surface area contributed by atoms with Crippen molar-refractivity contribution in [1.29, 1.82) is 0 Å². The number of carbonyl (C=O) groups is 1. The number of hydrogen-bond acceptors (Lipinski definition) is 4. The fraction of sp³-hybridized carbons (Fsp3) is 0.250. The number of carbonyl (C=O) groups excluding carboxylic acids is 1. The number of amides is 2. The molecule has 21 heavy (non-hydrogen) atoms. The number of nitrogens with one attached hydrogen (secondary N) is 3. The minimum atomic E-state index is -0.302. The van der Waals surface area contributed by atoms with Gasteiger partial charge < -0.3 is 15.4 Å². The molecule has 0 aliphatic rings. The lowest BCUT2D eigenvalue weighted by Crippen LogP contribution is -2.37. The van der Waals surface area contributed by atoms with Crippen molar-refractivity contribution in [3.63, 3.8) is 0 Å². The first-order valence-electron chi connectivity index (χ1n) is 6.09. The van der Waals surface area contributed by atoms with Gasteiger partial charge in [-0.15, -0.1) is 0 Å². The minimum Gasteiger partial charge on any atom is -0.475 e. The lowest BCUT2D eigenvalue weighted by atomic mass is 10.4. The van der Waals surface area contributed by atoms with Crippen molar-refractivity contribution in [2.24, 2.45) is 0 Å². The van der Waals surface area contributed by atoms with Crippen molar-refractivity contribution in [3.8, 4) is 5.88 Å². The Labute approximate surface area is 131 Å². The number of ether oxygens (including phenoxy) is 1. The van der Waals surface area contributed by atoms with Gasteiger partial charge in [-0.3, -0.25) is 5.10 Å². The lowest BCUT2D eigenvalue weighted by Gasteiger charge is -2.09. The number of pyridine rings is 1. The first-order valence-corrected chi connectivity index (χ1v) is 6.84. The van der Waals surface area contributed by atoms with Crippen LogP contribution in [0.5, 0.6) is 5.88 Å².